The van der Waals surface area contributed by atoms with E-state index in [2.05, 4.69) is 10.6 Å². The molecule has 0 fully saturated rings. The van der Waals surface area contributed by atoms with E-state index in [-0.39, 0.29) is 17.0 Å². The van der Waals surface area contributed by atoms with Crippen molar-refractivity contribution in [1.82, 2.24) is 5.32 Å². The Morgan fingerprint density at radius 3 is 2.05 bits per heavy atom. The predicted octanol–water partition coefficient (Wildman–Crippen LogP) is 2.26. The molecule has 5 nitrogen and oxygen atoms in total. The lowest BCUT2D eigenvalue weighted by molar-refractivity contribution is 0.246. The quantitative estimate of drug-likeness (QED) is 0.890. The van der Waals surface area contributed by atoms with Gasteiger partial charge in [-0.05, 0) is 37.1 Å². The fourth-order valence-corrected chi connectivity index (χ4v) is 1.96. The van der Waals surface area contributed by atoms with Crippen LogP contribution in [-0.4, -0.2) is 26.7 Å². The number of hydrogen-bond acceptors (Lipinski definition) is 3. The summed E-state index contributed by atoms with van der Waals surface area (Å²) in [6, 6.07) is 5.84. The molecule has 106 valence electrons. The molecule has 1 unspecified atom stereocenters. The Bertz CT molecular complexity index is 536. The number of carbonyl (C=O) groups is 1. The monoisotopic (exact) mass is 284 g/mol. The molecule has 1 atom stereocenters. The van der Waals surface area contributed by atoms with Crippen molar-refractivity contribution in [3.05, 3.63) is 24.3 Å². The summed E-state index contributed by atoms with van der Waals surface area (Å²) in [4.78, 5) is 11.9. The van der Waals surface area contributed by atoms with Crippen molar-refractivity contribution in [3.8, 4) is 0 Å². The smallest absolute Gasteiger partial charge is 0.319 e. The minimum absolute atomic E-state index is 0.0651. The predicted molar refractivity (Wildman–Crippen MR) is 76.0 cm³/mol. The van der Waals surface area contributed by atoms with Gasteiger partial charge in [0.15, 0.2) is 9.84 Å². The second-order valence-corrected chi connectivity index (χ2v) is 6.94. The maximum Gasteiger partial charge on any atom is 0.319 e. The van der Waals surface area contributed by atoms with Crippen LogP contribution in [0.15, 0.2) is 29.2 Å². The standard InChI is InChI=1S/C13H20N2O3S/c1-9(2)10(3)14-13(16)15-11-5-7-12(8-6-11)19(4,17)18/h5-10H,1-4H3,(H2,14,15,16). The Morgan fingerprint density at radius 2 is 1.63 bits per heavy atom. The SMILES string of the molecule is CC(C)C(C)NC(=O)Nc1ccc(S(C)(=O)=O)cc1. The highest BCUT2D eigenvalue weighted by molar-refractivity contribution is 7.90. The van der Waals surface area contributed by atoms with Crippen molar-refractivity contribution < 1.29 is 13.2 Å². The van der Waals surface area contributed by atoms with Gasteiger partial charge in [-0.15, -0.1) is 0 Å². The molecule has 1 aromatic rings. The molecule has 1 rings (SSSR count). The van der Waals surface area contributed by atoms with Crippen molar-refractivity contribution in [3.63, 3.8) is 0 Å². The molecule has 0 spiro atoms. The summed E-state index contributed by atoms with van der Waals surface area (Å²) in [7, 11) is -3.21. The van der Waals surface area contributed by atoms with Crippen LogP contribution in [0.25, 0.3) is 0 Å². The van der Waals surface area contributed by atoms with Gasteiger partial charge < -0.3 is 10.6 Å². The summed E-state index contributed by atoms with van der Waals surface area (Å²) in [5.41, 5.74) is 0.556. The van der Waals surface area contributed by atoms with Gasteiger partial charge in [0.05, 0.1) is 4.90 Å². The molecule has 19 heavy (non-hydrogen) atoms. The molecule has 0 radical (unpaired) electrons. The molecule has 0 heterocycles. The average Bonchev–Trinajstić information content (AvgIpc) is 2.28. The van der Waals surface area contributed by atoms with Crippen molar-refractivity contribution in [2.75, 3.05) is 11.6 Å². The Labute approximate surface area is 114 Å². The van der Waals surface area contributed by atoms with Gasteiger partial charge in [0, 0.05) is 18.0 Å². The third-order valence-corrected chi connectivity index (χ3v) is 4.03. The van der Waals surface area contributed by atoms with Crippen molar-refractivity contribution in [1.29, 1.82) is 0 Å². The zero-order chi connectivity index (χ0) is 14.6. The third kappa shape index (κ3) is 4.90. The van der Waals surface area contributed by atoms with E-state index in [0.717, 1.165) is 6.26 Å². The first kappa shape index (κ1) is 15.5. The van der Waals surface area contributed by atoms with Crippen LogP contribution in [0.1, 0.15) is 20.8 Å². The van der Waals surface area contributed by atoms with Crippen molar-refractivity contribution in [2.24, 2.45) is 5.92 Å². The Hall–Kier alpha value is -1.56. The van der Waals surface area contributed by atoms with E-state index in [0.29, 0.717) is 11.6 Å². The maximum atomic E-state index is 11.7. The van der Waals surface area contributed by atoms with Crippen LogP contribution in [-0.2, 0) is 9.84 Å². The summed E-state index contributed by atoms with van der Waals surface area (Å²) in [5, 5.41) is 5.47. The fraction of sp³-hybridized carbons (Fsp3) is 0.462. The number of amides is 2. The lowest BCUT2D eigenvalue weighted by atomic mass is 10.1. The highest BCUT2D eigenvalue weighted by atomic mass is 32.2. The summed E-state index contributed by atoms with van der Waals surface area (Å²) in [6.07, 6.45) is 1.15. The van der Waals surface area contributed by atoms with Gasteiger partial charge >= 0.3 is 6.03 Å². The Morgan fingerprint density at radius 1 is 1.11 bits per heavy atom. The van der Waals surface area contributed by atoms with E-state index in [1.807, 2.05) is 20.8 Å². The number of nitrogens with one attached hydrogen (secondary N) is 2. The number of benzene rings is 1. The van der Waals surface area contributed by atoms with Gasteiger partial charge in [-0.3, -0.25) is 0 Å². The minimum Gasteiger partial charge on any atom is -0.335 e. The maximum absolute atomic E-state index is 11.7. The lowest BCUT2D eigenvalue weighted by Crippen LogP contribution is -2.38. The molecule has 0 saturated carbocycles. The van der Waals surface area contributed by atoms with Crippen LogP contribution >= 0.6 is 0 Å². The molecule has 6 heteroatoms. The number of hydrogen-bond donors (Lipinski definition) is 2. The van der Waals surface area contributed by atoms with E-state index in [4.69, 9.17) is 0 Å². The molecule has 0 aromatic heterocycles. The summed E-state index contributed by atoms with van der Waals surface area (Å²) in [5.74, 6) is 0.346. The average molecular weight is 284 g/mol. The molecule has 1 aromatic carbocycles. The topological polar surface area (TPSA) is 75.3 Å². The van der Waals surface area contributed by atoms with Gasteiger partial charge in [-0.2, -0.15) is 0 Å². The van der Waals surface area contributed by atoms with Crippen LogP contribution < -0.4 is 10.6 Å². The molecule has 0 aliphatic heterocycles. The molecule has 0 bridgehead atoms. The van der Waals surface area contributed by atoms with Gasteiger partial charge in [0.1, 0.15) is 0 Å². The summed E-state index contributed by atoms with van der Waals surface area (Å²) < 4.78 is 22.6. The summed E-state index contributed by atoms with van der Waals surface area (Å²) >= 11 is 0. The van der Waals surface area contributed by atoms with Gasteiger partial charge in [-0.1, -0.05) is 13.8 Å². The third-order valence-electron chi connectivity index (χ3n) is 2.90. The van der Waals surface area contributed by atoms with E-state index in [1.54, 1.807) is 12.1 Å². The molecule has 0 saturated heterocycles. The Balaban J connectivity index is 2.66. The molecule has 2 amide bonds. The second kappa shape index (κ2) is 6.06. The van der Waals surface area contributed by atoms with Crippen LogP contribution in [0.3, 0.4) is 0 Å². The first-order valence-electron chi connectivity index (χ1n) is 6.08. The number of anilines is 1. The zero-order valence-electron chi connectivity index (χ0n) is 11.6. The first-order chi connectivity index (χ1) is 8.70. The van der Waals surface area contributed by atoms with Crippen molar-refractivity contribution >= 4 is 21.6 Å². The molecular formula is C13H20N2O3S. The van der Waals surface area contributed by atoms with E-state index in [1.165, 1.54) is 12.1 Å². The van der Waals surface area contributed by atoms with E-state index >= 15 is 0 Å². The molecular weight excluding hydrogens is 264 g/mol. The van der Waals surface area contributed by atoms with Gasteiger partial charge in [0.25, 0.3) is 0 Å². The lowest BCUT2D eigenvalue weighted by Gasteiger charge is -2.17. The molecule has 0 aliphatic carbocycles. The van der Waals surface area contributed by atoms with E-state index in [9.17, 15) is 13.2 Å². The van der Waals surface area contributed by atoms with Gasteiger partial charge in [-0.25, -0.2) is 13.2 Å². The normalized spacial score (nSPS) is 13.1. The molecule has 2 N–H and O–H groups in total. The number of rotatable bonds is 4. The number of carbonyl (C=O) groups excluding carboxylic acids is 1. The van der Waals surface area contributed by atoms with Crippen LogP contribution in [0.2, 0.25) is 0 Å². The van der Waals surface area contributed by atoms with Crippen molar-refractivity contribution in [2.45, 2.75) is 31.7 Å². The van der Waals surface area contributed by atoms with Crippen LogP contribution in [0, 0.1) is 5.92 Å². The molecule has 0 aliphatic rings. The minimum atomic E-state index is -3.21. The first-order valence-corrected chi connectivity index (χ1v) is 7.97. The second-order valence-electron chi connectivity index (χ2n) is 4.93. The van der Waals surface area contributed by atoms with Gasteiger partial charge in [0.2, 0.25) is 0 Å². The summed E-state index contributed by atoms with van der Waals surface area (Å²) in [6.45, 7) is 5.97. The zero-order valence-corrected chi connectivity index (χ0v) is 12.4. The van der Waals surface area contributed by atoms with Crippen LogP contribution in [0.5, 0.6) is 0 Å². The Kier molecular flexibility index (Phi) is 4.94. The van der Waals surface area contributed by atoms with E-state index < -0.39 is 9.84 Å². The highest BCUT2D eigenvalue weighted by Gasteiger charge is 2.11. The van der Waals surface area contributed by atoms with Crippen LogP contribution in [0.4, 0.5) is 10.5 Å². The number of sulfone groups is 1. The largest absolute Gasteiger partial charge is 0.335 e. The number of urea groups is 1. The fourth-order valence-electron chi connectivity index (χ4n) is 1.33. The highest BCUT2D eigenvalue weighted by Crippen LogP contribution is 2.13.